The molecule has 1 fully saturated rings. The number of hydrogen-bond donors (Lipinski definition) is 2. The van der Waals surface area contributed by atoms with Crippen LogP contribution in [0.4, 0.5) is 11.4 Å². The zero-order valence-electron chi connectivity index (χ0n) is 16.2. The zero-order valence-corrected chi connectivity index (χ0v) is 16.2. The van der Waals surface area contributed by atoms with E-state index in [0.717, 1.165) is 38.4 Å². The molecule has 148 valence electrons. The molecule has 0 aliphatic carbocycles. The number of amides is 1. The molecule has 1 aliphatic rings. The van der Waals surface area contributed by atoms with Crippen LogP contribution in [0.1, 0.15) is 23.0 Å². The fourth-order valence-electron chi connectivity index (χ4n) is 3.29. The van der Waals surface area contributed by atoms with Crippen molar-refractivity contribution in [1.82, 2.24) is 0 Å². The highest BCUT2D eigenvalue weighted by Gasteiger charge is 2.22. The largest absolute Gasteiger partial charge is 0.465 e. The van der Waals surface area contributed by atoms with Gasteiger partial charge in [0.15, 0.2) is 0 Å². The van der Waals surface area contributed by atoms with E-state index in [-0.39, 0.29) is 5.91 Å². The van der Waals surface area contributed by atoms with Crippen LogP contribution in [0.5, 0.6) is 0 Å². The number of piperazine rings is 1. The van der Waals surface area contributed by atoms with E-state index in [4.69, 9.17) is 9.15 Å². The average molecular weight is 384 g/mol. The molecule has 7 nitrogen and oxygen atoms in total. The molecule has 1 saturated heterocycles. The number of ether oxygens (including phenoxy) is 1. The third kappa shape index (κ3) is 4.80. The minimum atomic E-state index is -0.437. The molecule has 0 atom stereocenters. The topological polar surface area (TPSA) is 76.2 Å². The van der Waals surface area contributed by atoms with E-state index >= 15 is 0 Å². The van der Waals surface area contributed by atoms with Crippen LogP contribution in [0.2, 0.25) is 0 Å². The Morgan fingerprint density at radius 1 is 1.29 bits per heavy atom. The summed E-state index contributed by atoms with van der Waals surface area (Å²) in [5.74, 6) is -0.136. The highest BCUT2D eigenvalue weighted by atomic mass is 16.5. The Morgan fingerprint density at radius 2 is 2.07 bits per heavy atom. The summed E-state index contributed by atoms with van der Waals surface area (Å²) in [4.78, 5) is 28.1. The Hall–Kier alpha value is -3.06. The van der Waals surface area contributed by atoms with Gasteiger partial charge in [0.1, 0.15) is 5.76 Å². The van der Waals surface area contributed by atoms with Crippen LogP contribution in [-0.2, 0) is 9.53 Å². The molecule has 1 aromatic heterocycles. The number of nitrogens with one attached hydrogen (secondary N) is 2. The Balaban J connectivity index is 1.81. The predicted molar refractivity (Wildman–Crippen MR) is 108 cm³/mol. The van der Waals surface area contributed by atoms with Gasteiger partial charge in [-0.15, -0.1) is 0 Å². The maximum Gasteiger partial charge on any atom is 0.337 e. The number of anilines is 2. The Kier molecular flexibility index (Phi) is 6.49. The van der Waals surface area contributed by atoms with Crippen molar-refractivity contribution in [1.29, 1.82) is 0 Å². The summed E-state index contributed by atoms with van der Waals surface area (Å²) in [5, 5.41) is 2.89. The average Bonchev–Trinajstić information content (AvgIpc) is 3.25. The minimum absolute atomic E-state index is 0.294. The van der Waals surface area contributed by atoms with Crippen molar-refractivity contribution in [2.24, 2.45) is 0 Å². The van der Waals surface area contributed by atoms with E-state index in [1.54, 1.807) is 41.5 Å². The first-order chi connectivity index (χ1) is 13.6. The molecule has 0 bridgehead atoms. The summed E-state index contributed by atoms with van der Waals surface area (Å²) < 4.78 is 10.0. The monoisotopic (exact) mass is 384 g/mol. The number of hydrogen-bond acceptors (Lipinski definition) is 5. The van der Waals surface area contributed by atoms with Crippen molar-refractivity contribution in [3.63, 3.8) is 0 Å². The third-order valence-corrected chi connectivity index (χ3v) is 4.93. The molecule has 0 spiro atoms. The first-order valence-corrected chi connectivity index (χ1v) is 9.44. The Morgan fingerprint density at radius 3 is 2.71 bits per heavy atom. The van der Waals surface area contributed by atoms with Gasteiger partial charge in [0.25, 0.3) is 0 Å². The van der Waals surface area contributed by atoms with Crippen LogP contribution >= 0.6 is 0 Å². The lowest BCUT2D eigenvalue weighted by atomic mass is 10.1. The number of nitrogens with zero attached hydrogens (tertiary/aromatic N) is 1. The standard InChI is InChI=1S/C21H25N3O4/c1-3-23-10-12-24(13-11-23)19-8-6-16(21(26)27-2)15-18(19)22-20(25)9-7-17-5-4-14-28-17/h4-9,14-15H,3,10-13H2,1-2H3,(H,22,25)/p+1/b9-7+. The number of esters is 1. The number of methoxy groups -OCH3 is 1. The third-order valence-electron chi connectivity index (χ3n) is 4.93. The van der Waals surface area contributed by atoms with Crippen molar-refractivity contribution < 1.29 is 23.6 Å². The maximum absolute atomic E-state index is 12.4. The van der Waals surface area contributed by atoms with Gasteiger partial charge in [0.2, 0.25) is 5.91 Å². The molecule has 28 heavy (non-hydrogen) atoms. The number of carbonyl (C=O) groups excluding carboxylic acids is 2. The van der Waals surface area contributed by atoms with E-state index < -0.39 is 5.97 Å². The number of likely N-dealkylation sites (N-methyl/N-ethyl adjacent to an activating group) is 1. The van der Waals surface area contributed by atoms with Crippen LogP contribution in [-0.4, -0.2) is 51.7 Å². The van der Waals surface area contributed by atoms with Crippen molar-refractivity contribution in [2.75, 3.05) is 50.1 Å². The SMILES string of the molecule is CC[NH+]1CCN(c2ccc(C(=O)OC)cc2NC(=O)/C=C/c2ccco2)CC1. The number of rotatable bonds is 6. The van der Waals surface area contributed by atoms with Crippen LogP contribution in [0.15, 0.2) is 47.1 Å². The first kappa shape index (κ1) is 19.7. The van der Waals surface area contributed by atoms with E-state index in [0.29, 0.717) is 17.0 Å². The Bertz CT molecular complexity index is 837. The number of carbonyl (C=O) groups is 2. The summed E-state index contributed by atoms with van der Waals surface area (Å²) in [5.41, 5.74) is 1.90. The predicted octanol–water partition coefficient (Wildman–Crippen LogP) is 1.44. The molecule has 2 aromatic rings. The minimum Gasteiger partial charge on any atom is -0.465 e. The normalized spacial score (nSPS) is 15.0. The van der Waals surface area contributed by atoms with Crippen molar-refractivity contribution >= 4 is 29.3 Å². The zero-order chi connectivity index (χ0) is 19.9. The molecule has 1 amide bonds. The van der Waals surface area contributed by atoms with E-state index in [1.165, 1.54) is 13.2 Å². The molecule has 0 saturated carbocycles. The van der Waals surface area contributed by atoms with Gasteiger partial charge in [-0.1, -0.05) is 0 Å². The highest BCUT2D eigenvalue weighted by Crippen LogP contribution is 2.28. The van der Waals surface area contributed by atoms with Gasteiger partial charge >= 0.3 is 5.97 Å². The molecule has 1 aliphatic heterocycles. The van der Waals surface area contributed by atoms with Crippen molar-refractivity contribution in [2.45, 2.75) is 6.92 Å². The second kappa shape index (κ2) is 9.23. The number of quaternary nitrogens is 1. The lowest BCUT2D eigenvalue weighted by Crippen LogP contribution is -3.14. The smallest absolute Gasteiger partial charge is 0.337 e. The molecule has 1 aromatic carbocycles. The molecular formula is C21H26N3O4+. The summed E-state index contributed by atoms with van der Waals surface area (Å²) in [6.07, 6.45) is 4.56. The molecule has 0 unspecified atom stereocenters. The fraction of sp³-hybridized carbons (Fsp3) is 0.333. The van der Waals surface area contributed by atoms with E-state index in [1.807, 2.05) is 6.07 Å². The fourth-order valence-corrected chi connectivity index (χ4v) is 3.29. The summed E-state index contributed by atoms with van der Waals surface area (Å²) >= 11 is 0. The van der Waals surface area contributed by atoms with Gasteiger partial charge in [0.05, 0.1) is 63.0 Å². The molecule has 0 radical (unpaired) electrons. The molecule has 7 heteroatoms. The van der Waals surface area contributed by atoms with Crippen LogP contribution in [0.3, 0.4) is 0 Å². The van der Waals surface area contributed by atoms with Crippen LogP contribution in [0.25, 0.3) is 6.08 Å². The molecule has 2 heterocycles. The van der Waals surface area contributed by atoms with Crippen LogP contribution < -0.4 is 15.1 Å². The first-order valence-electron chi connectivity index (χ1n) is 9.44. The van der Waals surface area contributed by atoms with Gasteiger partial charge in [-0.3, -0.25) is 4.79 Å². The summed E-state index contributed by atoms with van der Waals surface area (Å²) in [6, 6.07) is 8.79. The molecule has 2 N–H and O–H groups in total. The number of benzene rings is 1. The lowest BCUT2D eigenvalue weighted by Gasteiger charge is -2.34. The van der Waals surface area contributed by atoms with Crippen molar-refractivity contribution in [3.05, 3.63) is 54.0 Å². The highest BCUT2D eigenvalue weighted by molar-refractivity contribution is 6.04. The Labute approximate surface area is 164 Å². The summed E-state index contributed by atoms with van der Waals surface area (Å²) in [7, 11) is 1.34. The molecule has 3 rings (SSSR count). The second-order valence-corrected chi connectivity index (χ2v) is 6.65. The molecular weight excluding hydrogens is 358 g/mol. The van der Waals surface area contributed by atoms with Gasteiger partial charge in [-0.25, -0.2) is 4.79 Å². The van der Waals surface area contributed by atoms with Gasteiger partial charge in [-0.2, -0.15) is 0 Å². The number of furan rings is 1. The van der Waals surface area contributed by atoms with E-state index in [9.17, 15) is 9.59 Å². The maximum atomic E-state index is 12.4. The van der Waals surface area contributed by atoms with E-state index in [2.05, 4.69) is 17.1 Å². The van der Waals surface area contributed by atoms with Crippen LogP contribution in [0, 0.1) is 0 Å². The van der Waals surface area contributed by atoms with Gasteiger partial charge < -0.3 is 24.3 Å². The van der Waals surface area contributed by atoms with Gasteiger partial charge in [0, 0.05) is 6.08 Å². The lowest BCUT2D eigenvalue weighted by molar-refractivity contribution is -0.898. The second-order valence-electron chi connectivity index (χ2n) is 6.65. The van der Waals surface area contributed by atoms with Gasteiger partial charge in [-0.05, 0) is 43.3 Å². The summed E-state index contributed by atoms with van der Waals surface area (Å²) in [6.45, 7) is 7.17. The quantitative estimate of drug-likeness (QED) is 0.582. The van der Waals surface area contributed by atoms with Crippen molar-refractivity contribution in [3.8, 4) is 0 Å².